The Bertz CT molecular complexity index is 337. The Morgan fingerprint density at radius 2 is 2.12 bits per heavy atom. The van der Waals surface area contributed by atoms with Crippen molar-refractivity contribution < 1.29 is 4.39 Å². The molecular weight excluding hydrogens is 269 g/mol. The molecule has 0 saturated heterocycles. The fourth-order valence-electron chi connectivity index (χ4n) is 2.07. The van der Waals surface area contributed by atoms with Gasteiger partial charge >= 0.3 is 0 Å². The molecule has 0 heterocycles. The SMILES string of the molecule is CCC(NC)C(C)Cc1ccc(Br)cc1F. The molecule has 0 aromatic heterocycles. The van der Waals surface area contributed by atoms with Crippen LogP contribution in [-0.4, -0.2) is 13.1 Å². The standard InChI is InChI=1S/C13H19BrFN/c1-4-13(16-3)9(2)7-10-5-6-11(14)8-12(10)15/h5-6,8-9,13,16H,4,7H2,1-3H3. The lowest BCUT2D eigenvalue weighted by Gasteiger charge is -2.22. The maximum absolute atomic E-state index is 13.6. The van der Waals surface area contributed by atoms with Gasteiger partial charge in [-0.1, -0.05) is 35.8 Å². The van der Waals surface area contributed by atoms with Crippen molar-refractivity contribution in [3.05, 3.63) is 34.1 Å². The van der Waals surface area contributed by atoms with Gasteiger partial charge in [-0.3, -0.25) is 0 Å². The highest BCUT2D eigenvalue weighted by Crippen LogP contribution is 2.20. The van der Waals surface area contributed by atoms with Crippen molar-refractivity contribution in [3.63, 3.8) is 0 Å². The molecule has 2 atom stereocenters. The molecule has 1 aromatic carbocycles. The molecule has 2 unspecified atom stereocenters. The maximum atomic E-state index is 13.6. The van der Waals surface area contributed by atoms with Gasteiger partial charge in [-0.15, -0.1) is 0 Å². The van der Waals surface area contributed by atoms with Crippen molar-refractivity contribution in [2.24, 2.45) is 5.92 Å². The van der Waals surface area contributed by atoms with E-state index in [1.165, 1.54) is 6.07 Å². The molecule has 1 aromatic rings. The highest BCUT2D eigenvalue weighted by molar-refractivity contribution is 9.10. The monoisotopic (exact) mass is 287 g/mol. The molecule has 1 nitrogen and oxygen atoms in total. The zero-order valence-corrected chi connectivity index (χ0v) is 11.6. The summed E-state index contributed by atoms with van der Waals surface area (Å²) in [6.45, 7) is 4.31. The average molecular weight is 288 g/mol. The van der Waals surface area contributed by atoms with E-state index in [-0.39, 0.29) is 5.82 Å². The van der Waals surface area contributed by atoms with Crippen LogP contribution in [0.25, 0.3) is 0 Å². The van der Waals surface area contributed by atoms with E-state index in [0.29, 0.717) is 12.0 Å². The quantitative estimate of drug-likeness (QED) is 0.869. The Morgan fingerprint density at radius 3 is 2.62 bits per heavy atom. The normalized spacial score (nSPS) is 14.8. The Balaban J connectivity index is 2.72. The van der Waals surface area contributed by atoms with Gasteiger partial charge in [0.25, 0.3) is 0 Å². The molecular formula is C13H19BrFN. The third kappa shape index (κ3) is 3.56. The molecule has 0 amide bonds. The first-order chi connectivity index (χ1) is 7.58. The number of nitrogens with one attached hydrogen (secondary N) is 1. The molecule has 90 valence electrons. The van der Waals surface area contributed by atoms with E-state index in [0.717, 1.165) is 22.9 Å². The van der Waals surface area contributed by atoms with Crippen LogP contribution in [0.15, 0.2) is 22.7 Å². The number of benzene rings is 1. The molecule has 3 heteroatoms. The minimum atomic E-state index is -0.118. The summed E-state index contributed by atoms with van der Waals surface area (Å²) in [5, 5.41) is 3.27. The smallest absolute Gasteiger partial charge is 0.127 e. The minimum absolute atomic E-state index is 0.118. The van der Waals surface area contributed by atoms with E-state index in [9.17, 15) is 4.39 Å². The number of halogens is 2. The third-order valence-electron chi connectivity index (χ3n) is 3.05. The molecule has 0 spiro atoms. The fourth-order valence-corrected chi connectivity index (χ4v) is 2.40. The second kappa shape index (κ2) is 6.36. The number of hydrogen-bond donors (Lipinski definition) is 1. The van der Waals surface area contributed by atoms with Crippen LogP contribution in [0.1, 0.15) is 25.8 Å². The van der Waals surface area contributed by atoms with Crippen LogP contribution in [0.4, 0.5) is 4.39 Å². The van der Waals surface area contributed by atoms with Gasteiger partial charge in [0, 0.05) is 10.5 Å². The minimum Gasteiger partial charge on any atom is -0.317 e. The maximum Gasteiger partial charge on any atom is 0.127 e. The summed E-state index contributed by atoms with van der Waals surface area (Å²) in [7, 11) is 1.96. The second-order valence-electron chi connectivity index (χ2n) is 4.22. The largest absolute Gasteiger partial charge is 0.317 e. The van der Waals surface area contributed by atoms with Gasteiger partial charge in [-0.2, -0.15) is 0 Å². The van der Waals surface area contributed by atoms with Crippen LogP contribution < -0.4 is 5.32 Å². The van der Waals surface area contributed by atoms with Crippen molar-refractivity contribution in [2.75, 3.05) is 7.05 Å². The Morgan fingerprint density at radius 1 is 1.44 bits per heavy atom. The lowest BCUT2D eigenvalue weighted by atomic mass is 9.92. The summed E-state index contributed by atoms with van der Waals surface area (Å²) < 4.78 is 14.4. The van der Waals surface area contributed by atoms with Crippen LogP contribution in [0.2, 0.25) is 0 Å². The molecule has 1 N–H and O–H groups in total. The second-order valence-corrected chi connectivity index (χ2v) is 5.14. The Labute approximate surface area is 106 Å². The highest BCUT2D eigenvalue weighted by Gasteiger charge is 2.15. The van der Waals surface area contributed by atoms with E-state index >= 15 is 0 Å². The summed E-state index contributed by atoms with van der Waals surface area (Å²) in [5.74, 6) is 0.317. The molecule has 0 radical (unpaired) electrons. The lowest BCUT2D eigenvalue weighted by molar-refractivity contribution is 0.382. The van der Waals surface area contributed by atoms with Crippen LogP contribution >= 0.6 is 15.9 Å². The zero-order valence-electron chi connectivity index (χ0n) is 10.1. The van der Waals surface area contributed by atoms with Gasteiger partial charge in [0.05, 0.1) is 0 Å². The summed E-state index contributed by atoms with van der Waals surface area (Å²) in [5.41, 5.74) is 0.796. The number of hydrogen-bond acceptors (Lipinski definition) is 1. The van der Waals surface area contributed by atoms with Crippen LogP contribution in [0.5, 0.6) is 0 Å². The predicted octanol–water partition coefficient (Wildman–Crippen LogP) is 3.76. The summed E-state index contributed by atoms with van der Waals surface area (Å²) in [6, 6.07) is 5.73. The first-order valence-electron chi connectivity index (χ1n) is 5.69. The molecule has 0 bridgehead atoms. The van der Waals surface area contributed by atoms with Gasteiger partial charge in [-0.05, 0) is 43.5 Å². The van der Waals surface area contributed by atoms with Crippen molar-refractivity contribution >= 4 is 15.9 Å². The van der Waals surface area contributed by atoms with Crippen molar-refractivity contribution in [1.29, 1.82) is 0 Å². The first kappa shape index (κ1) is 13.7. The van der Waals surface area contributed by atoms with E-state index < -0.39 is 0 Å². The fraction of sp³-hybridized carbons (Fsp3) is 0.538. The van der Waals surface area contributed by atoms with Gasteiger partial charge in [-0.25, -0.2) is 4.39 Å². The molecule has 0 aliphatic rings. The number of rotatable bonds is 5. The van der Waals surface area contributed by atoms with Gasteiger partial charge in [0.15, 0.2) is 0 Å². The first-order valence-corrected chi connectivity index (χ1v) is 6.49. The van der Waals surface area contributed by atoms with Crippen LogP contribution in [0, 0.1) is 11.7 Å². The van der Waals surface area contributed by atoms with Crippen LogP contribution in [-0.2, 0) is 6.42 Å². The van der Waals surface area contributed by atoms with Gasteiger partial charge in [0.2, 0.25) is 0 Å². The molecule has 0 aliphatic heterocycles. The third-order valence-corrected chi connectivity index (χ3v) is 3.55. The van der Waals surface area contributed by atoms with Crippen LogP contribution in [0.3, 0.4) is 0 Å². The van der Waals surface area contributed by atoms with Gasteiger partial charge < -0.3 is 5.32 Å². The molecule has 0 saturated carbocycles. The van der Waals surface area contributed by atoms with E-state index in [1.54, 1.807) is 0 Å². The summed E-state index contributed by atoms with van der Waals surface area (Å²) in [6.07, 6.45) is 1.84. The Kier molecular flexibility index (Phi) is 5.42. The van der Waals surface area contributed by atoms with E-state index in [2.05, 4.69) is 35.1 Å². The van der Waals surface area contributed by atoms with Crippen molar-refractivity contribution in [1.82, 2.24) is 5.32 Å². The van der Waals surface area contributed by atoms with Crippen molar-refractivity contribution in [3.8, 4) is 0 Å². The molecule has 0 aliphatic carbocycles. The Hall–Kier alpha value is -0.410. The highest BCUT2D eigenvalue weighted by atomic mass is 79.9. The predicted molar refractivity (Wildman–Crippen MR) is 70.1 cm³/mol. The van der Waals surface area contributed by atoms with Crippen molar-refractivity contribution in [2.45, 2.75) is 32.7 Å². The average Bonchev–Trinajstić information content (AvgIpc) is 2.24. The molecule has 1 rings (SSSR count). The summed E-state index contributed by atoms with van der Waals surface area (Å²) in [4.78, 5) is 0. The van der Waals surface area contributed by atoms with E-state index in [4.69, 9.17) is 0 Å². The van der Waals surface area contributed by atoms with Gasteiger partial charge in [0.1, 0.15) is 5.82 Å². The molecule has 0 fully saturated rings. The molecule has 16 heavy (non-hydrogen) atoms. The van der Waals surface area contributed by atoms with E-state index in [1.807, 2.05) is 19.2 Å². The zero-order chi connectivity index (χ0) is 12.1. The topological polar surface area (TPSA) is 12.0 Å². The summed E-state index contributed by atoms with van der Waals surface area (Å²) >= 11 is 3.27. The lowest BCUT2D eigenvalue weighted by Crippen LogP contribution is -2.32.